The molecule has 1 amide bonds. The molecule has 2 fully saturated rings. The minimum Gasteiger partial charge on any atom is -0.481 e. The lowest BCUT2D eigenvalue weighted by atomic mass is 9.50. The summed E-state index contributed by atoms with van der Waals surface area (Å²) < 4.78 is 2.04. The van der Waals surface area contributed by atoms with Gasteiger partial charge in [-0.15, -0.1) is 0 Å². The fourth-order valence-electron chi connectivity index (χ4n) is 5.89. The Balaban J connectivity index is 1.36. The van der Waals surface area contributed by atoms with Crippen molar-refractivity contribution in [3.63, 3.8) is 0 Å². The van der Waals surface area contributed by atoms with E-state index in [-0.39, 0.29) is 28.7 Å². The third-order valence-corrected chi connectivity index (χ3v) is 7.87. The molecule has 2 saturated carbocycles. The highest BCUT2D eigenvalue weighted by Crippen LogP contribution is 2.58. The molecule has 0 saturated heterocycles. The quantitative estimate of drug-likeness (QED) is 0.535. The summed E-state index contributed by atoms with van der Waals surface area (Å²) in [4.78, 5) is 24.4. The monoisotopic (exact) mass is 469 g/mol. The third-order valence-electron chi connectivity index (χ3n) is 7.87. The van der Waals surface area contributed by atoms with Crippen molar-refractivity contribution in [1.82, 2.24) is 9.88 Å². The molecule has 0 radical (unpaired) electrons. The van der Waals surface area contributed by atoms with Crippen LogP contribution in [-0.2, 0) is 16.8 Å². The van der Waals surface area contributed by atoms with E-state index in [1.807, 2.05) is 16.8 Å². The van der Waals surface area contributed by atoms with Crippen molar-refractivity contribution >= 4 is 22.8 Å². The zero-order valence-electron chi connectivity index (χ0n) is 20.5. The molecule has 3 aromatic rings. The number of nitriles is 1. The van der Waals surface area contributed by atoms with Gasteiger partial charge in [-0.1, -0.05) is 45.0 Å². The summed E-state index contributed by atoms with van der Waals surface area (Å²) in [5.41, 5.74) is 4.46. The molecule has 6 nitrogen and oxygen atoms in total. The number of nitrogens with zero attached hydrogens (tertiary/aromatic N) is 2. The Labute approximate surface area is 205 Å². The molecular formula is C29H31N3O3. The van der Waals surface area contributed by atoms with Gasteiger partial charge in [-0.2, -0.15) is 5.26 Å². The Hall–Kier alpha value is -3.59. The molecule has 2 N–H and O–H groups in total. The average Bonchev–Trinajstić information content (AvgIpc) is 3.17. The second-order valence-corrected chi connectivity index (χ2v) is 11.4. The maximum atomic E-state index is 13.3. The molecule has 2 aliphatic carbocycles. The highest BCUT2D eigenvalue weighted by Gasteiger charge is 2.55. The van der Waals surface area contributed by atoms with E-state index in [2.05, 4.69) is 56.4 Å². The summed E-state index contributed by atoms with van der Waals surface area (Å²) in [7, 11) is 0. The summed E-state index contributed by atoms with van der Waals surface area (Å²) in [6, 6.07) is 16.2. The van der Waals surface area contributed by atoms with Crippen molar-refractivity contribution in [2.24, 2.45) is 11.3 Å². The molecule has 35 heavy (non-hydrogen) atoms. The Morgan fingerprint density at radius 3 is 2.37 bits per heavy atom. The number of hydrogen-bond donors (Lipinski definition) is 2. The minimum absolute atomic E-state index is 0.0660. The van der Waals surface area contributed by atoms with Crippen molar-refractivity contribution in [2.45, 2.75) is 64.5 Å². The Morgan fingerprint density at radius 2 is 1.77 bits per heavy atom. The van der Waals surface area contributed by atoms with Gasteiger partial charge >= 0.3 is 5.97 Å². The smallest absolute Gasteiger partial charge is 0.306 e. The van der Waals surface area contributed by atoms with Crippen molar-refractivity contribution < 1.29 is 14.7 Å². The van der Waals surface area contributed by atoms with Crippen LogP contribution in [0.2, 0.25) is 0 Å². The Morgan fingerprint density at radius 1 is 1.09 bits per heavy atom. The highest BCUT2D eigenvalue weighted by atomic mass is 16.4. The first kappa shape index (κ1) is 23.2. The predicted molar refractivity (Wildman–Crippen MR) is 134 cm³/mol. The number of hydrogen-bond acceptors (Lipinski definition) is 3. The van der Waals surface area contributed by atoms with Crippen molar-refractivity contribution in [1.29, 1.82) is 5.26 Å². The first-order chi connectivity index (χ1) is 16.6. The number of carbonyl (C=O) groups is 2. The predicted octanol–water partition coefficient (Wildman–Crippen LogP) is 5.23. The summed E-state index contributed by atoms with van der Waals surface area (Å²) >= 11 is 0. The van der Waals surface area contributed by atoms with Gasteiger partial charge < -0.3 is 15.0 Å². The molecule has 180 valence electrons. The van der Waals surface area contributed by atoms with Gasteiger partial charge in [0.15, 0.2) is 0 Å². The first-order valence-corrected chi connectivity index (χ1v) is 12.2. The zero-order valence-corrected chi connectivity index (χ0v) is 20.5. The van der Waals surface area contributed by atoms with Gasteiger partial charge in [0.25, 0.3) is 5.91 Å². The summed E-state index contributed by atoms with van der Waals surface area (Å²) in [6.45, 7) is 7.17. The fourth-order valence-corrected chi connectivity index (χ4v) is 5.89. The van der Waals surface area contributed by atoms with Gasteiger partial charge in [-0.25, -0.2) is 0 Å². The van der Waals surface area contributed by atoms with Crippen molar-refractivity contribution in [3.8, 4) is 6.07 Å². The Kier molecular flexibility index (Phi) is 5.47. The topological polar surface area (TPSA) is 95.1 Å². The standard InChI is InChI=1S/C29H31N3O3/c1-28(2,3)21-7-4-18(5-8-21)17-32-11-10-23-19(16-30)6-9-24(25(23)32)26(33)31-22-14-29(15-22)12-20(13-29)27(34)35/h4-11,20,22H,12-15,17H2,1-3H3,(H,31,33)(H,34,35). The summed E-state index contributed by atoms with van der Waals surface area (Å²) in [5.74, 6) is -1.08. The molecule has 2 aliphatic rings. The van der Waals surface area contributed by atoms with Crippen LogP contribution in [0, 0.1) is 22.7 Å². The number of carbonyl (C=O) groups excluding carboxylic acids is 1. The number of aromatic nitrogens is 1. The van der Waals surface area contributed by atoms with Crippen LogP contribution in [0.5, 0.6) is 0 Å². The van der Waals surface area contributed by atoms with Crippen LogP contribution < -0.4 is 5.32 Å². The van der Waals surface area contributed by atoms with Crippen LogP contribution in [0.25, 0.3) is 10.9 Å². The number of nitrogens with one attached hydrogen (secondary N) is 1. The number of aliphatic carboxylic acids is 1. The van der Waals surface area contributed by atoms with E-state index in [0.29, 0.717) is 30.5 Å². The third kappa shape index (κ3) is 4.20. The number of carboxylic acids is 1. The molecule has 6 heteroatoms. The number of carboxylic acid groups (broad SMARTS) is 1. The van der Waals surface area contributed by atoms with Gasteiger partial charge in [0.05, 0.1) is 28.6 Å². The average molecular weight is 470 g/mol. The maximum absolute atomic E-state index is 13.3. The number of fused-ring (bicyclic) bond motifs is 1. The van der Waals surface area contributed by atoms with Gasteiger partial charge in [0, 0.05) is 24.2 Å². The molecule has 1 heterocycles. The van der Waals surface area contributed by atoms with E-state index in [9.17, 15) is 14.9 Å². The van der Waals surface area contributed by atoms with E-state index in [1.165, 1.54) is 5.56 Å². The molecule has 1 aromatic heterocycles. The second kappa shape index (κ2) is 8.27. The lowest BCUT2D eigenvalue weighted by molar-refractivity contribution is -0.155. The normalized spacial score (nSPS) is 23.4. The van der Waals surface area contributed by atoms with Crippen LogP contribution in [0.1, 0.15) is 73.5 Å². The lowest BCUT2D eigenvalue weighted by Crippen LogP contribution is -2.57. The molecule has 0 unspecified atom stereocenters. The van der Waals surface area contributed by atoms with E-state index in [1.54, 1.807) is 12.1 Å². The highest BCUT2D eigenvalue weighted by molar-refractivity contribution is 6.07. The molecule has 0 atom stereocenters. The van der Waals surface area contributed by atoms with Crippen molar-refractivity contribution in [2.75, 3.05) is 0 Å². The van der Waals surface area contributed by atoms with Gasteiger partial charge in [-0.05, 0) is 65.8 Å². The van der Waals surface area contributed by atoms with E-state index in [0.717, 1.165) is 29.3 Å². The van der Waals surface area contributed by atoms with Gasteiger partial charge in [0.2, 0.25) is 0 Å². The lowest BCUT2D eigenvalue weighted by Gasteiger charge is -2.56. The minimum atomic E-state index is -0.711. The van der Waals surface area contributed by atoms with Crippen molar-refractivity contribution in [3.05, 3.63) is 70.9 Å². The number of rotatable bonds is 5. The SMILES string of the molecule is CC(C)(C)c1ccc(Cn2ccc3c(C#N)ccc(C(=O)NC4CC5(C4)CC(C(=O)O)C5)c32)cc1. The molecule has 2 aromatic carbocycles. The van der Waals surface area contributed by atoms with E-state index >= 15 is 0 Å². The largest absolute Gasteiger partial charge is 0.481 e. The molecular weight excluding hydrogens is 438 g/mol. The maximum Gasteiger partial charge on any atom is 0.306 e. The number of benzene rings is 2. The van der Waals surface area contributed by atoms with Crippen LogP contribution in [0.15, 0.2) is 48.7 Å². The van der Waals surface area contributed by atoms with Crippen LogP contribution in [-0.4, -0.2) is 27.6 Å². The molecule has 0 bridgehead atoms. The molecule has 0 aliphatic heterocycles. The van der Waals surface area contributed by atoms with Gasteiger partial charge in [0.1, 0.15) is 0 Å². The second-order valence-electron chi connectivity index (χ2n) is 11.4. The molecule has 5 rings (SSSR count). The molecule has 1 spiro atoms. The summed E-state index contributed by atoms with van der Waals surface area (Å²) in [5, 5.41) is 22.7. The van der Waals surface area contributed by atoms with Gasteiger partial charge in [-0.3, -0.25) is 9.59 Å². The fraction of sp³-hybridized carbons (Fsp3) is 0.414. The van der Waals surface area contributed by atoms with E-state index < -0.39 is 5.97 Å². The van der Waals surface area contributed by atoms with Crippen LogP contribution in [0.3, 0.4) is 0 Å². The van der Waals surface area contributed by atoms with E-state index in [4.69, 9.17) is 5.11 Å². The van der Waals surface area contributed by atoms with Crippen LogP contribution >= 0.6 is 0 Å². The summed E-state index contributed by atoms with van der Waals surface area (Å²) in [6.07, 6.45) is 5.05. The zero-order chi connectivity index (χ0) is 25.0. The number of amides is 1. The first-order valence-electron chi connectivity index (χ1n) is 12.2. The Bertz CT molecular complexity index is 1340. The van der Waals surface area contributed by atoms with Crippen LogP contribution in [0.4, 0.5) is 0 Å².